The molecule has 0 bridgehead atoms. The fourth-order valence-electron chi connectivity index (χ4n) is 1.68. The van der Waals surface area contributed by atoms with Gasteiger partial charge in [0.25, 0.3) is 5.91 Å². The third kappa shape index (κ3) is 1.59. The Morgan fingerprint density at radius 1 is 1.47 bits per heavy atom. The predicted molar refractivity (Wildman–Crippen MR) is 56.2 cm³/mol. The van der Waals surface area contributed by atoms with Crippen molar-refractivity contribution in [3.8, 4) is 0 Å². The number of ether oxygens (including phenoxy) is 1. The van der Waals surface area contributed by atoms with E-state index in [0.29, 0.717) is 12.1 Å². The highest BCUT2D eigenvalue weighted by Gasteiger charge is 2.25. The van der Waals surface area contributed by atoms with Crippen molar-refractivity contribution in [2.24, 2.45) is 5.84 Å². The first-order chi connectivity index (χ1) is 7.24. The molecule has 1 amide bonds. The van der Waals surface area contributed by atoms with E-state index in [9.17, 15) is 4.79 Å². The van der Waals surface area contributed by atoms with Crippen LogP contribution in [0.15, 0.2) is 30.5 Å². The van der Waals surface area contributed by atoms with Gasteiger partial charge in [0.2, 0.25) is 0 Å². The summed E-state index contributed by atoms with van der Waals surface area (Å²) >= 11 is 0. The van der Waals surface area contributed by atoms with E-state index >= 15 is 0 Å². The van der Waals surface area contributed by atoms with Crippen molar-refractivity contribution < 1.29 is 9.53 Å². The number of carbonyl (C=O) groups excluding carboxylic acids is 1. The first-order valence-corrected chi connectivity index (χ1v) is 4.62. The molecule has 0 saturated heterocycles. The number of carbonyl (C=O) groups is 1. The molecular formula is C11H12N2O2. The Labute approximate surface area is 87.9 Å². The van der Waals surface area contributed by atoms with Crippen LogP contribution in [0.25, 0.3) is 5.57 Å². The lowest BCUT2D eigenvalue weighted by molar-refractivity contribution is -0.126. The number of hydrogen-bond acceptors (Lipinski definition) is 3. The Bertz CT molecular complexity index is 426. The number of benzene rings is 1. The molecule has 1 aliphatic rings. The van der Waals surface area contributed by atoms with Gasteiger partial charge in [0.05, 0.1) is 25.5 Å². The van der Waals surface area contributed by atoms with Crippen LogP contribution in [-0.4, -0.2) is 18.0 Å². The summed E-state index contributed by atoms with van der Waals surface area (Å²) in [7, 11) is 1.51. The summed E-state index contributed by atoms with van der Waals surface area (Å²) in [5.41, 5.74) is 2.43. The van der Waals surface area contributed by atoms with Gasteiger partial charge in [-0.2, -0.15) is 0 Å². The smallest absolute Gasteiger partial charge is 0.271 e. The van der Waals surface area contributed by atoms with Crippen LogP contribution in [0.2, 0.25) is 0 Å². The van der Waals surface area contributed by atoms with Crippen molar-refractivity contribution in [3.63, 3.8) is 0 Å². The molecule has 1 aromatic rings. The molecule has 2 rings (SSSR count). The lowest BCUT2D eigenvalue weighted by atomic mass is 9.96. The van der Waals surface area contributed by atoms with Gasteiger partial charge in [0.1, 0.15) is 0 Å². The zero-order valence-corrected chi connectivity index (χ0v) is 8.43. The Hall–Kier alpha value is -1.81. The van der Waals surface area contributed by atoms with Gasteiger partial charge in [-0.3, -0.25) is 9.80 Å². The lowest BCUT2D eigenvalue weighted by Gasteiger charge is -2.25. The van der Waals surface area contributed by atoms with E-state index in [0.717, 1.165) is 11.1 Å². The number of methoxy groups -OCH3 is 1. The quantitative estimate of drug-likeness (QED) is 0.320. The maximum atomic E-state index is 11.7. The van der Waals surface area contributed by atoms with Gasteiger partial charge in [-0.25, -0.2) is 5.84 Å². The summed E-state index contributed by atoms with van der Waals surface area (Å²) < 4.78 is 4.89. The van der Waals surface area contributed by atoms with Crippen LogP contribution in [0.1, 0.15) is 11.1 Å². The van der Waals surface area contributed by atoms with Crippen molar-refractivity contribution in [2.45, 2.75) is 6.54 Å². The van der Waals surface area contributed by atoms with E-state index in [1.54, 1.807) is 0 Å². The summed E-state index contributed by atoms with van der Waals surface area (Å²) in [5.74, 6) is 5.39. The van der Waals surface area contributed by atoms with Crippen LogP contribution in [-0.2, 0) is 16.1 Å². The predicted octanol–water partition coefficient (Wildman–Crippen LogP) is 0.890. The molecule has 1 aliphatic heterocycles. The molecule has 4 heteroatoms. The van der Waals surface area contributed by atoms with E-state index in [2.05, 4.69) is 0 Å². The molecular weight excluding hydrogens is 192 g/mol. The number of rotatable bonds is 1. The largest absolute Gasteiger partial charge is 0.504 e. The molecule has 4 nitrogen and oxygen atoms in total. The van der Waals surface area contributed by atoms with Gasteiger partial charge in [-0.1, -0.05) is 24.3 Å². The SMILES string of the molecule is COC=C1C(=O)N(N)Cc2ccccc21. The topological polar surface area (TPSA) is 55.6 Å². The lowest BCUT2D eigenvalue weighted by Crippen LogP contribution is -2.40. The maximum Gasteiger partial charge on any atom is 0.271 e. The highest BCUT2D eigenvalue weighted by atomic mass is 16.5. The molecule has 0 unspecified atom stereocenters. The van der Waals surface area contributed by atoms with Gasteiger partial charge in [0.15, 0.2) is 0 Å². The first kappa shape index (κ1) is 9.73. The third-order valence-electron chi connectivity index (χ3n) is 2.38. The molecule has 0 atom stereocenters. The van der Waals surface area contributed by atoms with Crippen LogP contribution in [0.5, 0.6) is 0 Å². The minimum Gasteiger partial charge on any atom is -0.504 e. The Morgan fingerprint density at radius 2 is 2.20 bits per heavy atom. The third-order valence-corrected chi connectivity index (χ3v) is 2.38. The second-order valence-corrected chi connectivity index (χ2v) is 3.36. The molecule has 1 aromatic carbocycles. The molecule has 78 valence electrons. The maximum absolute atomic E-state index is 11.7. The monoisotopic (exact) mass is 204 g/mol. The second kappa shape index (κ2) is 3.74. The van der Waals surface area contributed by atoms with E-state index in [1.165, 1.54) is 18.4 Å². The van der Waals surface area contributed by atoms with Crippen molar-refractivity contribution in [3.05, 3.63) is 41.7 Å². The highest BCUT2D eigenvalue weighted by Crippen LogP contribution is 2.26. The fraction of sp³-hybridized carbons (Fsp3) is 0.182. The average molecular weight is 204 g/mol. The van der Waals surface area contributed by atoms with Crippen molar-refractivity contribution in [1.82, 2.24) is 5.01 Å². The first-order valence-electron chi connectivity index (χ1n) is 4.62. The van der Waals surface area contributed by atoms with Crippen molar-refractivity contribution in [1.29, 1.82) is 0 Å². The molecule has 0 spiro atoms. The Morgan fingerprint density at radius 3 is 2.93 bits per heavy atom. The Balaban J connectivity index is 2.55. The summed E-state index contributed by atoms with van der Waals surface area (Å²) in [5, 5.41) is 1.19. The molecule has 0 aliphatic carbocycles. The van der Waals surface area contributed by atoms with Crippen LogP contribution in [0.3, 0.4) is 0 Å². The zero-order valence-electron chi connectivity index (χ0n) is 8.43. The van der Waals surface area contributed by atoms with Crippen LogP contribution < -0.4 is 5.84 Å². The van der Waals surface area contributed by atoms with E-state index in [4.69, 9.17) is 10.6 Å². The van der Waals surface area contributed by atoms with E-state index in [1.807, 2.05) is 24.3 Å². The average Bonchev–Trinajstić information content (AvgIpc) is 2.25. The molecule has 0 fully saturated rings. The zero-order chi connectivity index (χ0) is 10.8. The van der Waals surface area contributed by atoms with E-state index in [-0.39, 0.29) is 5.91 Å². The summed E-state index contributed by atoms with van der Waals surface area (Å²) in [6, 6.07) is 7.66. The highest BCUT2D eigenvalue weighted by molar-refractivity contribution is 6.20. The molecule has 0 aromatic heterocycles. The van der Waals surface area contributed by atoms with Crippen LogP contribution in [0, 0.1) is 0 Å². The van der Waals surface area contributed by atoms with Crippen molar-refractivity contribution in [2.75, 3.05) is 7.11 Å². The van der Waals surface area contributed by atoms with Crippen molar-refractivity contribution >= 4 is 11.5 Å². The number of nitrogens with zero attached hydrogens (tertiary/aromatic N) is 1. The summed E-state index contributed by atoms with van der Waals surface area (Å²) in [4.78, 5) is 11.7. The normalized spacial score (nSPS) is 17.9. The molecule has 0 saturated carbocycles. The minimum absolute atomic E-state index is 0.212. The number of hydrogen-bond donors (Lipinski definition) is 1. The summed E-state index contributed by atoms with van der Waals surface area (Å²) in [6.07, 6.45) is 1.43. The molecule has 0 radical (unpaired) electrons. The minimum atomic E-state index is -0.212. The molecule has 2 N–H and O–H groups in total. The van der Waals surface area contributed by atoms with Gasteiger partial charge < -0.3 is 4.74 Å². The number of hydrazine groups is 1. The molecule has 1 heterocycles. The number of nitrogens with two attached hydrogens (primary N) is 1. The van der Waals surface area contributed by atoms with Gasteiger partial charge in [0, 0.05) is 0 Å². The van der Waals surface area contributed by atoms with Gasteiger partial charge >= 0.3 is 0 Å². The Kier molecular flexibility index (Phi) is 2.43. The standard InChI is InChI=1S/C11H12N2O2/c1-15-7-10-9-5-3-2-4-8(9)6-13(12)11(10)14/h2-5,7H,6,12H2,1H3. The number of fused-ring (bicyclic) bond motifs is 1. The fourth-order valence-corrected chi connectivity index (χ4v) is 1.68. The van der Waals surface area contributed by atoms with Gasteiger partial charge in [-0.05, 0) is 11.1 Å². The van der Waals surface area contributed by atoms with Gasteiger partial charge in [-0.15, -0.1) is 0 Å². The van der Waals surface area contributed by atoms with E-state index < -0.39 is 0 Å². The summed E-state index contributed by atoms with van der Waals surface area (Å²) in [6.45, 7) is 0.441. The number of amides is 1. The van der Waals surface area contributed by atoms with Crippen LogP contribution in [0.4, 0.5) is 0 Å². The second-order valence-electron chi connectivity index (χ2n) is 3.36. The molecule has 15 heavy (non-hydrogen) atoms. The van der Waals surface area contributed by atoms with Crippen LogP contribution >= 0.6 is 0 Å².